The van der Waals surface area contributed by atoms with Gasteiger partial charge in [0.05, 0.1) is 18.9 Å². The van der Waals surface area contributed by atoms with Gasteiger partial charge < -0.3 is 14.7 Å². The standard InChI is InChI=1S/C21H20N2O5/c1-14(22-28-13-19(24)25)12-18-20(15-6-4-3-5-7-15)23(21(18)26)16-8-10-17(27-2)11-9-16/h3-12,20H,13H2,1-2H3,(H,24,25)/b18-12+,22-14+. The van der Waals surface area contributed by atoms with Gasteiger partial charge in [-0.05, 0) is 42.8 Å². The minimum absolute atomic E-state index is 0.146. The van der Waals surface area contributed by atoms with Crippen LogP contribution in [0.5, 0.6) is 5.75 Å². The number of hydrogen-bond donors (Lipinski definition) is 1. The second-order valence-corrected chi connectivity index (χ2v) is 6.19. The van der Waals surface area contributed by atoms with Crippen molar-refractivity contribution >= 4 is 23.3 Å². The molecular formula is C21H20N2O5. The van der Waals surface area contributed by atoms with Crippen molar-refractivity contribution in [2.75, 3.05) is 18.6 Å². The van der Waals surface area contributed by atoms with E-state index in [0.717, 1.165) is 11.3 Å². The molecule has 1 amide bonds. The quantitative estimate of drug-likeness (QED) is 0.345. The third kappa shape index (κ3) is 4.03. The Balaban J connectivity index is 1.91. The van der Waals surface area contributed by atoms with Crippen LogP contribution in [0.3, 0.4) is 0 Å². The SMILES string of the molecule is COc1ccc(N2C(=O)/C(=C/C(C)=N/OCC(=O)O)C2c2ccccc2)cc1. The second-order valence-electron chi connectivity index (χ2n) is 6.19. The molecule has 0 aromatic heterocycles. The highest BCUT2D eigenvalue weighted by molar-refractivity contribution is 6.18. The molecule has 1 saturated heterocycles. The first-order valence-corrected chi connectivity index (χ1v) is 8.63. The lowest BCUT2D eigenvalue weighted by Crippen LogP contribution is -2.49. The molecule has 0 radical (unpaired) electrons. The van der Waals surface area contributed by atoms with E-state index in [4.69, 9.17) is 14.7 Å². The highest BCUT2D eigenvalue weighted by atomic mass is 16.6. The topological polar surface area (TPSA) is 88.4 Å². The van der Waals surface area contributed by atoms with Gasteiger partial charge in [-0.3, -0.25) is 9.69 Å². The number of aliphatic carboxylic acids is 1. The van der Waals surface area contributed by atoms with E-state index < -0.39 is 12.6 Å². The van der Waals surface area contributed by atoms with Gasteiger partial charge in [-0.2, -0.15) is 0 Å². The van der Waals surface area contributed by atoms with Crippen LogP contribution in [0.25, 0.3) is 0 Å². The number of carbonyl (C=O) groups is 2. The highest BCUT2D eigenvalue weighted by Crippen LogP contribution is 2.43. The summed E-state index contributed by atoms with van der Waals surface area (Å²) < 4.78 is 5.18. The summed E-state index contributed by atoms with van der Waals surface area (Å²) in [4.78, 5) is 29.8. The number of carboxylic acids is 1. The van der Waals surface area contributed by atoms with E-state index in [9.17, 15) is 9.59 Å². The number of hydrogen-bond acceptors (Lipinski definition) is 5. The first kappa shape index (κ1) is 19.2. The monoisotopic (exact) mass is 380 g/mol. The van der Waals surface area contributed by atoms with Crippen molar-refractivity contribution in [3.63, 3.8) is 0 Å². The molecule has 1 aliphatic heterocycles. The van der Waals surface area contributed by atoms with Gasteiger partial charge in [0, 0.05) is 11.3 Å². The molecule has 144 valence electrons. The van der Waals surface area contributed by atoms with Crippen LogP contribution in [-0.4, -0.2) is 36.4 Å². The lowest BCUT2D eigenvalue weighted by molar-refractivity contribution is -0.142. The Morgan fingerprint density at radius 1 is 1.18 bits per heavy atom. The van der Waals surface area contributed by atoms with Crippen LogP contribution >= 0.6 is 0 Å². The van der Waals surface area contributed by atoms with Crippen molar-refractivity contribution in [1.82, 2.24) is 0 Å². The van der Waals surface area contributed by atoms with Crippen molar-refractivity contribution in [3.8, 4) is 5.75 Å². The second kappa shape index (κ2) is 8.39. The molecule has 1 fully saturated rings. The van der Waals surface area contributed by atoms with Crippen LogP contribution in [-0.2, 0) is 14.4 Å². The minimum atomic E-state index is -1.11. The molecule has 0 saturated carbocycles. The zero-order chi connectivity index (χ0) is 20.1. The molecule has 1 unspecified atom stereocenters. The number of carboxylic acid groups (broad SMARTS) is 1. The minimum Gasteiger partial charge on any atom is -0.497 e. The molecular weight excluding hydrogens is 360 g/mol. The lowest BCUT2D eigenvalue weighted by atomic mass is 9.86. The normalized spacial score (nSPS) is 18.0. The number of amides is 1. The first-order valence-electron chi connectivity index (χ1n) is 8.63. The molecule has 1 atom stereocenters. The summed E-state index contributed by atoms with van der Waals surface area (Å²) >= 11 is 0. The van der Waals surface area contributed by atoms with Crippen LogP contribution in [0.15, 0.2) is 71.4 Å². The highest BCUT2D eigenvalue weighted by Gasteiger charge is 2.43. The number of nitrogens with zero attached hydrogens (tertiary/aromatic N) is 2. The summed E-state index contributed by atoms with van der Waals surface area (Å²) in [5.74, 6) is -0.550. The van der Waals surface area contributed by atoms with Gasteiger partial charge in [0.15, 0.2) is 0 Å². The van der Waals surface area contributed by atoms with Crippen molar-refractivity contribution in [1.29, 1.82) is 0 Å². The Bertz CT molecular complexity index is 920. The summed E-state index contributed by atoms with van der Waals surface area (Å²) in [5, 5.41) is 12.4. The Kier molecular flexibility index (Phi) is 5.74. The molecule has 7 heteroatoms. The summed E-state index contributed by atoms with van der Waals surface area (Å²) in [6, 6.07) is 16.7. The Labute approximate surface area is 162 Å². The summed E-state index contributed by atoms with van der Waals surface area (Å²) in [5.41, 5.74) is 2.69. The van der Waals surface area contributed by atoms with Gasteiger partial charge in [-0.15, -0.1) is 0 Å². The zero-order valence-corrected chi connectivity index (χ0v) is 15.5. The fraction of sp³-hybridized carbons (Fsp3) is 0.190. The largest absolute Gasteiger partial charge is 0.497 e. The Hall–Kier alpha value is -3.61. The zero-order valence-electron chi connectivity index (χ0n) is 15.5. The number of rotatable bonds is 7. The van der Waals surface area contributed by atoms with Crippen molar-refractivity contribution in [3.05, 3.63) is 71.8 Å². The van der Waals surface area contributed by atoms with Gasteiger partial charge in [0.2, 0.25) is 6.61 Å². The number of allylic oxidation sites excluding steroid dienone is 1. The molecule has 1 N–H and O–H groups in total. The number of oxime groups is 1. The number of β-lactam (4-membered cyclic amide) rings is 1. The van der Waals surface area contributed by atoms with Crippen LogP contribution in [0.4, 0.5) is 5.69 Å². The van der Waals surface area contributed by atoms with Crippen LogP contribution in [0, 0.1) is 0 Å². The molecule has 3 rings (SSSR count). The number of anilines is 1. The molecule has 1 aliphatic rings. The average Bonchev–Trinajstić information content (AvgIpc) is 2.70. The van der Waals surface area contributed by atoms with Gasteiger partial charge in [-0.1, -0.05) is 35.5 Å². The Morgan fingerprint density at radius 3 is 2.46 bits per heavy atom. The third-order valence-electron chi connectivity index (χ3n) is 4.25. The molecule has 0 bridgehead atoms. The van der Waals surface area contributed by atoms with E-state index >= 15 is 0 Å². The van der Waals surface area contributed by atoms with Gasteiger partial charge >= 0.3 is 5.97 Å². The predicted molar refractivity (Wildman–Crippen MR) is 104 cm³/mol. The van der Waals surface area contributed by atoms with E-state index in [0.29, 0.717) is 17.0 Å². The Morgan fingerprint density at radius 2 is 1.86 bits per heavy atom. The predicted octanol–water partition coefficient (Wildman–Crippen LogP) is 3.19. The van der Waals surface area contributed by atoms with E-state index in [1.165, 1.54) is 0 Å². The molecule has 1 heterocycles. The fourth-order valence-corrected chi connectivity index (χ4v) is 3.00. The van der Waals surface area contributed by atoms with Gasteiger partial charge in [-0.25, -0.2) is 4.79 Å². The molecule has 2 aromatic rings. The number of methoxy groups -OCH3 is 1. The smallest absolute Gasteiger partial charge is 0.344 e. The van der Waals surface area contributed by atoms with Crippen molar-refractivity contribution in [2.24, 2.45) is 5.16 Å². The number of ether oxygens (including phenoxy) is 1. The summed E-state index contributed by atoms with van der Waals surface area (Å²) in [6.45, 7) is 1.12. The third-order valence-corrected chi connectivity index (χ3v) is 4.25. The molecule has 0 spiro atoms. The van der Waals surface area contributed by atoms with Gasteiger partial charge in [0.25, 0.3) is 5.91 Å². The van der Waals surface area contributed by atoms with Crippen LogP contribution in [0.1, 0.15) is 18.5 Å². The van der Waals surface area contributed by atoms with E-state index in [1.54, 1.807) is 37.1 Å². The molecule has 0 aliphatic carbocycles. The fourth-order valence-electron chi connectivity index (χ4n) is 3.00. The number of benzene rings is 2. The van der Waals surface area contributed by atoms with Crippen molar-refractivity contribution < 1.29 is 24.3 Å². The van der Waals surface area contributed by atoms with Crippen LogP contribution in [0.2, 0.25) is 0 Å². The van der Waals surface area contributed by atoms with E-state index in [2.05, 4.69) is 5.16 Å². The average molecular weight is 380 g/mol. The molecule has 2 aromatic carbocycles. The van der Waals surface area contributed by atoms with E-state index in [-0.39, 0.29) is 11.9 Å². The molecule has 28 heavy (non-hydrogen) atoms. The lowest BCUT2D eigenvalue weighted by Gasteiger charge is -2.43. The maximum Gasteiger partial charge on any atom is 0.344 e. The summed E-state index contributed by atoms with van der Waals surface area (Å²) in [7, 11) is 1.59. The maximum atomic E-state index is 12.9. The maximum absolute atomic E-state index is 12.9. The van der Waals surface area contributed by atoms with E-state index in [1.807, 2.05) is 42.5 Å². The summed E-state index contributed by atoms with van der Waals surface area (Å²) in [6.07, 6.45) is 1.63. The van der Waals surface area contributed by atoms with Gasteiger partial charge in [0.1, 0.15) is 5.75 Å². The van der Waals surface area contributed by atoms with Crippen LogP contribution < -0.4 is 9.64 Å². The number of carbonyl (C=O) groups excluding carboxylic acids is 1. The van der Waals surface area contributed by atoms with Crippen molar-refractivity contribution in [2.45, 2.75) is 13.0 Å². The first-order chi connectivity index (χ1) is 13.5. The molecule has 7 nitrogen and oxygen atoms in total.